The van der Waals surface area contributed by atoms with Crippen LogP contribution in [0, 0.1) is 11.3 Å². The summed E-state index contributed by atoms with van der Waals surface area (Å²) >= 11 is 0. The van der Waals surface area contributed by atoms with Gasteiger partial charge in [0, 0.05) is 13.7 Å². The summed E-state index contributed by atoms with van der Waals surface area (Å²) in [6.45, 7) is 2.90. The maximum Gasteiger partial charge on any atom is 0.262 e. The van der Waals surface area contributed by atoms with Gasteiger partial charge in [-0.05, 0) is 30.7 Å². The van der Waals surface area contributed by atoms with E-state index in [-0.39, 0.29) is 11.3 Å². The van der Waals surface area contributed by atoms with Crippen molar-refractivity contribution in [1.29, 1.82) is 5.26 Å². The van der Waals surface area contributed by atoms with E-state index in [0.717, 1.165) is 0 Å². The number of benzene rings is 1. The van der Waals surface area contributed by atoms with Gasteiger partial charge in [0.15, 0.2) is 11.5 Å². The third kappa shape index (κ3) is 5.16. The van der Waals surface area contributed by atoms with Crippen LogP contribution < -0.4 is 10.1 Å². The number of phenols is 1. The van der Waals surface area contributed by atoms with Crippen molar-refractivity contribution in [2.75, 3.05) is 26.9 Å². The number of methoxy groups -OCH3 is 1. The minimum Gasteiger partial charge on any atom is -0.504 e. The average Bonchev–Trinajstić information content (AvgIpc) is 2.48. The van der Waals surface area contributed by atoms with Crippen molar-refractivity contribution in [3.63, 3.8) is 0 Å². The molecule has 21 heavy (non-hydrogen) atoms. The molecule has 0 unspecified atom stereocenters. The molecule has 0 aromatic heterocycles. The molecular formula is C15H18N2O4. The number of phenolic OH excluding ortho intramolecular Hbond substituents is 1. The van der Waals surface area contributed by atoms with Crippen LogP contribution in [0.2, 0.25) is 0 Å². The van der Waals surface area contributed by atoms with Crippen LogP contribution in [0.1, 0.15) is 12.5 Å². The molecule has 112 valence electrons. The Kier molecular flexibility index (Phi) is 6.78. The van der Waals surface area contributed by atoms with Gasteiger partial charge in [0.25, 0.3) is 5.91 Å². The van der Waals surface area contributed by atoms with E-state index < -0.39 is 5.91 Å². The van der Waals surface area contributed by atoms with Gasteiger partial charge < -0.3 is 19.9 Å². The number of ether oxygens (including phenoxy) is 2. The fraction of sp³-hybridized carbons (Fsp3) is 0.333. The van der Waals surface area contributed by atoms with Gasteiger partial charge in [-0.25, -0.2) is 0 Å². The summed E-state index contributed by atoms with van der Waals surface area (Å²) in [6.07, 6.45) is 1.43. The SMILES string of the molecule is CCOc1cc(/C=C(\C#N)C(=O)NCCOC)ccc1O. The third-order valence-electron chi connectivity index (χ3n) is 2.55. The average molecular weight is 290 g/mol. The Morgan fingerprint density at radius 3 is 2.90 bits per heavy atom. The van der Waals surface area contributed by atoms with E-state index in [2.05, 4.69) is 5.32 Å². The molecule has 1 rings (SSSR count). The van der Waals surface area contributed by atoms with Crippen LogP contribution in [0.4, 0.5) is 0 Å². The Bertz CT molecular complexity index is 561. The van der Waals surface area contributed by atoms with Gasteiger partial charge in [-0.3, -0.25) is 4.79 Å². The lowest BCUT2D eigenvalue weighted by Gasteiger charge is -2.07. The largest absolute Gasteiger partial charge is 0.504 e. The zero-order valence-electron chi connectivity index (χ0n) is 12.0. The lowest BCUT2D eigenvalue weighted by molar-refractivity contribution is -0.117. The smallest absolute Gasteiger partial charge is 0.262 e. The monoisotopic (exact) mass is 290 g/mol. The fourth-order valence-electron chi connectivity index (χ4n) is 1.57. The number of nitrogens with one attached hydrogen (secondary N) is 1. The highest BCUT2D eigenvalue weighted by molar-refractivity contribution is 6.01. The van der Waals surface area contributed by atoms with Crippen LogP contribution in [0.15, 0.2) is 23.8 Å². The number of nitrogens with zero attached hydrogens (tertiary/aromatic N) is 1. The summed E-state index contributed by atoms with van der Waals surface area (Å²) < 4.78 is 10.1. The molecule has 0 heterocycles. The first kappa shape index (κ1) is 16.5. The minimum absolute atomic E-state index is 0.0112. The molecule has 1 aromatic carbocycles. The van der Waals surface area contributed by atoms with Crippen molar-refractivity contribution in [3.8, 4) is 17.6 Å². The van der Waals surface area contributed by atoms with Crippen LogP contribution in [0.5, 0.6) is 11.5 Å². The first-order valence-corrected chi connectivity index (χ1v) is 6.47. The van der Waals surface area contributed by atoms with Crippen molar-refractivity contribution in [1.82, 2.24) is 5.32 Å². The number of rotatable bonds is 7. The molecule has 0 fully saturated rings. The Hall–Kier alpha value is -2.52. The van der Waals surface area contributed by atoms with Gasteiger partial charge in [0.05, 0.1) is 13.2 Å². The standard InChI is InChI=1S/C15H18N2O4/c1-3-21-14-9-11(4-5-13(14)18)8-12(10-16)15(19)17-6-7-20-2/h4-5,8-9,18H,3,6-7H2,1-2H3,(H,17,19)/b12-8+. The molecule has 0 aliphatic rings. The van der Waals surface area contributed by atoms with E-state index in [1.54, 1.807) is 19.1 Å². The highest BCUT2D eigenvalue weighted by Gasteiger charge is 2.09. The molecule has 6 nitrogen and oxygen atoms in total. The predicted octanol–water partition coefficient (Wildman–Crippen LogP) is 1.46. The molecule has 0 saturated carbocycles. The Labute approximate surface area is 123 Å². The van der Waals surface area contributed by atoms with Crippen LogP contribution in [0.3, 0.4) is 0 Å². The van der Waals surface area contributed by atoms with E-state index >= 15 is 0 Å². The zero-order valence-corrected chi connectivity index (χ0v) is 12.0. The summed E-state index contributed by atoms with van der Waals surface area (Å²) in [5, 5.41) is 21.2. The maximum atomic E-state index is 11.8. The quantitative estimate of drug-likeness (QED) is 0.450. The summed E-state index contributed by atoms with van der Waals surface area (Å²) in [5.74, 6) is -0.152. The van der Waals surface area contributed by atoms with Crippen molar-refractivity contribution < 1.29 is 19.4 Å². The lowest BCUT2D eigenvalue weighted by Crippen LogP contribution is -2.27. The van der Waals surface area contributed by atoms with Gasteiger partial charge in [0.2, 0.25) is 0 Å². The molecule has 6 heteroatoms. The van der Waals surface area contributed by atoms with Crippen LogP contribution in [-0.2, 0) is 9.53 Å². The van der Waals surface area contributed by atoms with Gasteiger partial charge in [-0.2, -0.15) is 5.26 Å². The van der Waals surface area contributed by atoms with Crippen molar-refractivity contribution in [3.05, 3.63) is 29.3 Å². The predicted molar refractivity (Wildman–Crippen MR) is 77.8 cm³/mol. The zero-order chi connectivity index (χ0) is 15.7. The van der Waals surface area contributed by atoms with Gasteiger partial charge in [-0.1, -0.05) is 6.07 Å². The number of aromatic hydroxyl groups is 1. The lowest BCUT2D eigenvalue weighted by atomic mass is 10.1. The number of carbonyl (C=O) groups excluding carboxylic acids is 1. The molecule has 1 aromatic rings. The van der Waals surface area contributed by atoms with E-state index in [4.69, 9.17) is 14.7 Å². The molecule has 0 aliphatic heterocycles. The molecule has 0 aliphatic carbocycles. The number of hydrogen-bond donors (Lipinski definition) is 2. The number of hydrogen-bond acceptors (Lipinski definition) is 5. The summed E-state index contributed by atoms with van der Waals surface area (Å²) in [6, 6.07) is 6.46. The number of carbonyl (C=O) groups is 1. The molecule has 0 saturated heterocycles. The second-order valence-corrected chi connectivity index (χ2v) is 4.08. The van der Waals surface area contributed by atoms with E-state index in [9.17, 15) is 9.90 Å². The van der Waals surface area contributed by atoms with Crippen molar-refractivity contribution >= 4 is 12.0 Å². The minimum atomic E-state index is -0.472. The van der Waals surface area contributed by atoms with Crippen LogP contribution in [-0.4, -0.2) is 37.9 Å². The Balaban J connectivity index is 2.90. The second kappa shape index (κ2) is 8.61. The van der Waals surface area contributed by atoms with E-state index in [1.807, 2.05) is 6.07 Å². The molecule has 1 amide bonds. The van der Waals surface area contributed by atoms with Crippen LogP contribution >= 0.6 is 0 Å². The Morgan fingerprint density at radius 2 is 2.29 bits per heavy atom. The molecule has 2 N–H and O–H groups in total. The van der Waals surface area contributed by atoms with Crippen molar-refractivity contribution in [2.45, 2.75) is 6.92 Å². The summed E-state index contributed by atoms with van der Waals surface area (Å²) in [4.78, 5) is 11.8. The van der Waals surface area contributed by atoms with Crippen LogP contribution in [0.25, 0.3) is 6.08 Å². The molecule has 0 bridgehead atoms. The summed E-state index contributed by atoms with van der Waals surface area (Å²) in [7, 11) is 1.53. The molecular weight excluding hydrogens is 272 g/mol. The first-order chi connectivity index (χ1) is 10.1. The highest BCUT2D eigenvalue weighted by Crippen LogP contribution is 2.27. The van der Waals surface area contributed by atoms with E-state index in [0.29, 0.717) is 31.1 Å². The molecule has 0 radical (unpaired) electrons. The maximum absolute atomic E-state index is 11.8. The highest BCUT2D eigenvalue weighted by atomic mass is 16.5. The Morgan fingerprint density at radius 1 is 1.52 bits per heavy atom. The normalized spacial score (nSPS) is 10.8. The topological polar surface area (TPSA) is 91.6 Å². The summed E-state index contributed by atoms with van der Waals surface area (Å²) in [5.41, 5.74) is 0.564. The van der Waals surface area contributed by atoms with Gasteiger partial charge >= 0.3 is 0 Å². The molecule has 0 spiro atoms. The van der Waals surface area contributed by atoms with Crippen molar-refractivity contribution in [2.24, 2.45) is 0 Å². The molecule has 0 atom stereocenters. The van der Waals surface area contributed by atoms with Gasteiger partial charge in [-0.15, -0.1) is 0 Å². The second-order valence-electron chi connectivity index (χ2n) is 4.08. The fourth-order valence-corrected chi connectivity index (χ4v) is 1.57. The van der Waals surface area contributed by atoms with E-state index in [1.165, 1.54) is 19.3 Å². The number of amides is 1. The van der Waals surface area contributed by atoms with Gasteiger partial charge in [0.1, 0.15) is 11.6 Å². The third-order valence-corrected chi connectivity index (χ3v) is 2.55. The number of nitriles is 1. The first-order valence-electron chi connectivity index (χ1n) is 6.47.